The van der Waals surface area contributed by atoms with Gasteiger partial charge in [0.15, 0.2) is 0 Å². The van der Waals surface area contributed by atoms with Crippen molar-refractivity contribution in [1.29, 1.82) is 0 Å². The third-order valence-electron chi connectivity index (χ3n) is 3.93. The van der Waals surface area contributed by atoms with Crippen LogP contribution in [-0.2, 0) is 13.0 Å². The molecule has 3 heterocycles. The van der Waals surface area contributed by atoms with E-state index in [0.29, 0.717) is 6.54 Å². The maximum atomic E-state index is 6.42. The normalized spacial score (nSPS) is 17.1. The molecule has 0 amide bonds. The lowest BCUT2D eigenvalue weighted by molar-refractivity contribution is 0.654. The van der Waals surface area contributed by atoms with Crippen LogP contribution in [0.4, 0.5) is 5.00 Å². The topological polar surface area (TPSA) is 36.4 Å². The average molecular weight is 348 g/mol. The zero-order chi connectivity index (χ0) is 15.1. The van der Waals surface area contributed by atoms with E-state index >= 15 is 0 Å². The Morgan fingerprint density at radius 1 is 1.27 bits per heavy atom. The van der Waals surface area contributed by atoms with Gasteiger partial charge in [0.1, 0.15) is 9.99 Å². The summed E-state index contributed by atoms with van der Waals surface area (Å²) < 4.78 is 0. The number of aliphatic imine (C=N–C) groups is 1. The highest BCUT2D eigenvalue weighted by Crippen LogP contribution is 2.39. The Morgan fingerprint density at radius 3 is 3.00 bits per heavy atom. The second kappa shape index (κ2) is 5.74. The Balaban J connectivity index is 1.95. The van der Waals surface area contributed by atoms with E-state index in [9.17, 15) is 0 Å². The van der Waals surface area contributed by atoms with Gasteiger partial charge >= 0.3 is 0 Å². The van der Waals surface area contributed by atoms with Gasteiger partial charge in [-0.3, -0.25) is 4.99 Å². The Kier molecular flexibility index (Phi) is 3.74. The van der Waals surface area contributed by atoms with Gasteiger partial charge in [0.05, 0.1) is 12.3 Å². The molecule has 0 atom stereocenters. The van der Waals surface area contributed by atoms with Crippen molar-refractivity contribution in [3.8, 4) is 0 Å². The summed E-state index contributed by atoms with van der Waals surface area (Å²) in [6.07, 6.45) is 1.01. The maximum absolute atomic E-state index is 6.42. The Labute approximate surface area is 143 Å². The molecule has 0 aliphatic carbocycles. The quantitative estimate of drug-likeness (QED) is 0.773. The van der Waals surface area contributed by atoms with Gasteiger partial charge in [-0.1, -0.05) is 42.0 Å². The predicted molar refractivity (Wildman–Crippen MR) is 97.9 cm³/mol. The van der Waals surface area contributed by atoms with Gasteiger partial charge in [-0.25, -0.2) is 0 Å². The molecule has 0 saturated carbocycles. The second-order valence-electron chi connectivity index (χ2n) is 5.33. The minimum absolute atomic E-state index is 0.504. The molecule has 0 radical (unpaired) electrons. The number of rotatable bonds is 1. The molecule has 2 aromatic rings. The third kappa shape index (κ3) is 2.38. The monoisotopic (exact) mass is 347 g/mol. The van der Waals surface area contributed by atoms with Gasteiger partial charge in [-0.15, -0.1) is 11.3 Å². The lowest BCUT2D eigenvalue weighted by Gasteiger charge is -2.15. The summed E-state index contributed by atoms with van der Waals surface area (Å²) in [5.41, 5.74) is 4.52. The standard InChI is InChI=1S/C16H14ClN3S2/c17-11-4-2-1-3-9(11)15-14-10-5-6-18-7-12(10)22-16(14)20-13(21)8-19-15/h1-4,18H,5-8H2,(H,20,21). The summed E-state index contributed by atoms with van der Waals surface area (Å²) in [5, 5.41) is 8.63. The second-order valence-corrected chi connectivity index (χ2v) is 7.33. The van der Waals surface area contributed by atoms with Crippen LogP contribution in [-0.4, -0.2) is 23.8 Å². The SMILES string of the molecule is S=C1CN=C(c2ccccc2Cl)c2c(sc3c2CCNC3)N1. The smallest absolute Gasteiger partial charge is 0.103 e. The van der Waals surface area contributed by atoms with E-state index in [2.05, 4.69) is 10.6 Å². The Bertz CT molecular complexity index is 795. The first kappa shape index (κ1) is 14.3. The molecule has 112 valence electrons. The maximum Gasteiger partial charge on any atom is 0.103 e. The zero-order valence-electron chi connectivity index (χ0n) is 11.8. The van der Waals surface area contributed by atoms with E-state index < -0.39 is 0 Å². The predicted octanol–water partition coefficient (Wildman–Crippen LogP) is 3.64. The van der Waals surface area contributed by atoms with Crippen LogP contribution < -0.4 is 10.6 Å². The van der Waals surface area contributed by atoms with Crippen molar-refractivity contribution in [2.75, 3.05) is 18.4 Å². The highest BCUT2D eigenvalue weighted by atomic mass is 35.5. The molecule has 0 saturated heterocycles. The largest absolute Gasteiger partial charge is 0.340 e. The van der Waals surface area contributed by atoms with Crippen molar-refractivity contribution in [3.05, 3.63) is 50.9 Å². The molecule has 2 aliphatic heterocycles. The highest BCUT2D eigenvalue weighted by Gasteiger charge is 2.27. The minimum atomic E-state index is 0.504. The van der Waals surface area contributed by atoms with Gasteiger partial charge < -0.3 is 10.6 Å². The molecule has 3 nitrogen and oxygen atoms in total. The first-order valence-corrected chi connectivity index (χ1v) is 8.79. The molecule has 2 N–H and O–H groups in total. The van der Waals surface area contributed by atoms with Crippen molar-refractivity contribution >= 4 is 50.9 Å². The molecule has 22 heavy (non-hydrogen) atoms. The molecule has 0 unspecified atom stereocenters. The van der Waals surface area contributed by atoms with Crippen LogP contribution in [0.5, 0.6) is 0 Å². The van der Waals surface area contributed by atoms with Crippen LogP contribution in [0.25, 0.3) is 0 Å². The first-order valence-electron chi connectivity index (χ1n) is 7.19. The molecule has 0 bridgehead atoms. The highest BCUT2D eigenvalue weighted by molar-refractivity contribution is 7.80. The summed E-state index contributed by atoms with van der Waals surface area (Å²) in [4.78, 5) is 6.90. The molecular formula is C16H14ClN3S2. The van der Waals surface area contributed by atoms with Crippen LogP contribution >= 0.6 is 35.2 Å². The van der Waals surface area contributed by atoms with Gasteiger partial charge in [0.25, 0.3) is 0 Å². The van der Waals surface area contributed by atoms with E-state index in [1.807, 2.05) is 24.3 Å². The van der Waals surface area contributed by atoms with Gasteiger partial charge in [0.2, 0.25) is 0 Å². The van der Waals surface area contributed by atoms with Gasteiger partial charge in [0, 0.05) is 27.6 Å². The summed E-state index contributed by atoms with van der Waals surface area (Å²) >= 11 is 13.6. The fraction of sp³-hybridized carbons (Fsp3) is 0.250. The Morgan fingerprint density at radius 2 is 2.14 bits per heavy atom. The van der Waals surface area contributed by atoms with Crippen molar-refractivity contribution in [3.63, 3.8) is 0 Å². The third-order valence-corrected chi connectivity index (χ3v) is 5.64. The number of hydrogen-bond donors (Lipinski definition) is 2. The number of thiophene rings is 1. The lowest BCUT2D eigenvalue weighted by atomic mass is 9.96. The number of fused-ring (bicyclic) bond motifs is 3. The lowest BCUT2D eigenvalue weighted by Crippen LogP contribution is -2.23. The molecule has 1 aromatic carbocycles. The van der Waals surface area contributed by atoms with Crippen LogP contribution in [0, 0.1) is 0 Å². The summed E-state index contributed by atoms with van der Waals surface area (Å²) in [5.74, 6) is 0. The summed E-state index contributed by atoms with van der Waals surface area (Å²) in [7, 11) is 0. The molecule has 0 spiro atoms. The molecule has 1 aromatic heterocycles. The molecule has 0 fully saturated rings. The van der Waals surface area contributed by atoms with E-state index in [-0.39, 0.29) is 0 Å². The van der Waals surface area contributed by atoms with Crippen molar-refractivity contribution < 1.29 is 0 Å². The van der Waals surface area contributed by atoms with Crippen LogP contribution in [0.3, 0.4) is 0 Å². The fourth-order valence-corrected chi connectivity index (χ4v) is 4.64. The van der Waals surface area contributed by atoms with E-state index in [1.54, 1.807) is 11.3 Å². The van der Waals surface area contributed by atoms with Crippen LogP contribution in [0.15, 0.2) is 29.3 Å². The number of hydrogen-bond acceptors (Lipinski definition) is 4. The number of thiocarbonyl (C=S) groups is 1. The average Bonchev–Trinajstić information content (AvgIpc) is 2.79. The van der Waals surface area contributed by atoms with Crippen molar-refractivity contribution in [2.24, 2.45) is 4.99 Å². The fourth-order valence-electron chi connectivity index (χ4n) is 2.94. The number of halogens is 1. The summed E-state index contributed by atoms with van der Waals surface area (Å²) in [6, 6.07) is 7.89. The van der Waals surface area contributed by atoms with Crippen LogP contribution in [0.2, 0.25) is 5.02 Å². The summed E-state index contributed by atoms with van der Waals surface area (Å²) in [6.45, 7) is 2.41. The first-order chi connectivity index (χ1) is 10.7. The van der Waals surface area contributed by atoms with Crippen LogP contribution in [0.1, 0.15) is 21.6 Å². The van der Waals surface area contributed by atoms with Gasteiger partial charge in [-0.2, -0.15) is 0 Å². The Hall–Kier alpha value is -1.27. The molecule has 6 heteroatoms. The van der Waals surface area contributed by atoms with Crippen molar-refractivity contribution in [1.82, 2.24) is 5.32 Å². The number of nitrogens with one attached hydrogen (secondary N) is 2. The van der Waals surface area contributed by atoms with E-state index in [4.69, 9.17) is 28.8 Å². The number of anilines is 1. The minimum Gasteiger partial charge on any atom is -0.340 e. The number of benzene rings is 1. The van der Waals surface area contributed by atoms with Gasteiger partial charge in [-0.05, 0) is 24.6 Å². The van der Waals surface area contributed by atoms with E-state index in [1.165, 1.54) is 16.0 Å². The van der Waals surface area contributed by atoms with Crippen molar-refractivity contribution in [2.45, 2.75) is 13.0 Å². The molecular weight excluding hydrogens is 334 g/mol. The molecule has 4 rings (SSSR count). The molecule has 2 aliphatic rings. The zero-order valence-corrected chi connectivity index (χ0v) is 14.2. The number of nitrogens with zero attached hydrogens (tertiary/aromatic N) is 1. The van der Waals surface area contributed by atoms with E-state index in [0.717, 1.165) is 45.8 Å².